The van der Waals surface area contributed by atoms with Gasteiger partial charge in [-0.15, -0.1) is 0 Å². The number of rotatable bonds is 0. The number of nitrogens with one attached hydrogen (secondary N) is 1. The molecule has 0 amide bonds. The van der Waals surface area contributed by atoms with E-state index in [2.05, 4.69) is 15.3 Å². The molecule has 4 heteroatoms. The minimum absolute atomic E-state index is 0.894. The summed E-state index contributed by atoms with van der Waals surface area (Å²) in [6.07, 6.45) is 3.50. The molecule has 1 rings (SSSR count). The van der Waals surface area contributed by atoms with Crippen LogP contribution in [0.2, 0.25) is 0 Å². The summed E-state index contributed by atoms with van der Waals surface area (Å²) in [6.45, 7) is 0. The number of guanidine groups is 1. The van der Waals surface area contributed by atoms with E-state index in [0.29, 0.717) is 0 Å². The van der Waals surface area contributed by atoms with Crippen LogP contribution in [0, 0.1) is 0 Å². The van der Waals surface area contributed by atoms with Gasteiger partial charge in [0.15, 0.2) is 5.96 Å². The van der Waals surface area contributed by atoms with Crippen LogP contribution in [-0.4, -0.2) is 44.0 Å². The monoisotopic (exact) mass is 194 g/mol. The summed E-state index contributed by atoms with van der Waals surface area (Å²) in [5.74, 6) is 0.894. The fraction of sp³-hybridized carbons (Fsp3) is 0.400. The number of hydrogen-bond acceptors (Lipinski definition) is 2. The van der Waals surface area contributed by atoms with Gasteiger partial charge in [0, 0.05) is 40.6 Å². The van der Waals surface area contributed by atoms with Gasteiger partial charge < -0.3 is 10.2 Å². The third-order valence-electron chi connectivity index (χ3n) is 1.43. The summed E-state index contributed by atoms with van der Waals surface area (Å²) < 4.78 is 0. The van der Waals surface area contributed by atoms with Gasteiger partial charge in [0.1, 0.15) is 0 Å². The maximum absolute atomic E-state index is 3.94. The van der Waals surface area contributed by atoms with Crippen LogP contribution >= 0.6 is 0 Å². The van der Waals surface area contributed by atoms with E-state index in [-0.39, 0.29) is 0 Å². The van der Waals surface area contributed by atoms with Gasteiger partial charge in [-0.05, 0) is 12.1 Å². The average molecular weight is 194 g/mol. The highest BCUT2D eigenvalue weighted by Crippen LogP contribution is 1.74. The summed E-state index contributed by atoms with van der Waals surface area (Å²) in [4.78, 5) is 9.64. The lowest BCUT2D eigenvalue weighted by atomic mass is 10.5. The maximum Gasteiger partial charge on any atom is 0.192 e. The zero-order valence-electron chi connectivity index (χ0n) is 9.23. The summed E-state index contributed by atoms with van der Waals surface area (Å²) in [5, 5.41) is 2.93. The molecular formula is C10H18N4. The van der Waals surface area contributed by atoms with Gasteiger partial charge in [-0.2, -0.15) is 0 Å². The van der Waals surface area contributed by atoms with Gasteiger partial charge in [-0.25, -0.2) is 0 Å². The van der Waals surface area contributed by atoms with E-state index < -0.39 is 0 Å². The Morgan fingerprint density at radius 1 is 1.21 bits per heavy atom. The molecule has 0 saturated carbocycles. The number of hydrogen-bond donors (Lipinski definition) is 1. The van der Waals surface area contributed by atoms with Crippen LogP contribution in [0.3, 0.4) is 0 Å². The first-order valence-corrected chi connectivity index (χ1v) is 4.39. The van der Waals surface area contributed by atoms with Crippen molar-refractivity contribution in [3.05, 3.63) is 30.6 Å². The molecule has 14 heavy (non-hydrogen) atoms. The van der Waals surface area contributed by atoms with Gasteiger partial charge in [0.25, 0.3) is 0 Å². The second kappa shape index (κ2) is 8.04. The molecule has 1 heterocycles. The second-order valence-electron chi connectivity index (χ2n) is 2.72. The van der Waals surface area contributed by atoms with Gasteiger partial charge in [0.2, 0.25) is 0 Å². The van der Waals surface area contributed by atoms with E-state index in [1.807, 2.05) is 44.2 Å². The molecule has 0 spiro atoms. The average Bonchev–Trinajstić information content (AvgIpc) is 2.22. The number of nitrogens with zero attached hydrogens (tertiary/aromatic N) is 3. The third kappa shape index (κ3) is 5.99. The SMILES string of the molecule is CN=C(NC)N(C)C.c1ccncc1. The Morgan fingerprint density at radius 3 is 1.86 bits per heavy atom. The van der Waals surface area contributed by atoms with Crippen molar-refractivity contribution in [3.63, 3.8) is 0 Å². The van der Waals surface area contributed by atoms with Crippen LogP contribution in [-0.2, 0) is 0 Å². The van der Waals surface area contributed by atoms with E-state index >= 15 is 0 Å². The van der Waals surface area contributed by atoms with E-state index in [4.69, 9.17) is 0 Å². The first kappa shape index (κ1) is 12.4. The van der Waals surface area contributed by atoms with Gasteiger partial charge >= 0.3 is 0 Å². The molecule has 1 N–H and O–H groups in total. The van der Waals surface area contributed by atoms with Gasteiger partial charge in [-0.1, -0.05) is 6.07 Å². The Morgan fingerprint density at radius 2 is 1.79 bits per heavy atom. The van der Waals surface area contributed by atoms with E-state index in [1.165, 1.54) is 0 Å². The number of pyridine rings is 1. The van der Waals surface area contributed by atoms with Crippen LogP contribution in [0.25, 0.3) is 0 Å². The first-order valence-electron chi connectivity index (χ1n) is 4.39. The Labute approximate surface area is 85.7 Å². The van der Waals surface area contributed by atoms with Crippen molar-refractivity contribution in [3.8, 4) is 0 Å². The van der Waals surface area contributed by atoms with Crippen molar-refractivity contribution < 1.29 is 0 Å². The van der Waals surface area contributed by atoms with Gasteiger partial charge in [0.05, 0.1) is 0 Å². The van der Waals surface area contributed by atoms with Crippen molar-refractivity contribution >= 4 is 5.96 Å². The molecule has 1 aromatic heterocycles. The zero-order chi connectivity index (χ0) is 10.8. The molecule has 0 aliphatic carbocycles. The predicted molar refractivity (Wildman–Crippen MR) is 60.3 cm³/mol. The normalized spacial score (nSPS) is 9.86. The molecule has 0 saturated heterocycles. The minimum Gasteiger partial charge on any atom is -0.359 e. The van der Waals surface area contributed by atoms with E-state index in [1.54, 1.807) is 19.4 Å². The Bertz CT molecular complexity index is 217. The highest BCUT2D eigenvalue weighted by Gasteiger charge is 1.91. The Kier molecular flexibility index (Phi) is 7.13. The van der Waals surface area contributed by atoms with Gasteiger partial charge in [-0.3, -0.25) is 9.98 Å². The van der Waals surface area contributed by atoms with Crippen molar-refractivity contribution in [2.75, 3.05) is 28.2 Å². The first-order chi connectivity index (χ1) is 6.72. The molecule has 4 nitrogen and oxygen atoms in total. The largest absolute Gasteiger partial charge is 0.359 e. The Hall–Kier alpha value is -1.58. The van der Waals surface area contributed by atoms with Crippen LogP contribution in [0.15, 0.2) is 35.6 Å². The predicted octanol–water partition coefficient (Wildman–Crippen LogP) is 0.835. The van der Waals surface area contributed by atoms with Crippen LogP contribution in [0.1, 0.15) is 0 Å². The van der Waals surface area contributed by atoms with Crippen LogP contribution in [0.5, 0.6) is 0 Å². The molecule has 0 atom stereocenters. The number of aliphatic imine (C=N–C) groups is 1. The quantitative estimate of drug-likeness (QED) is 0.491. The van der Waals surface area contributed by atoms with Crippen molar-refractivity contribution in [1.29, 1.82) is 0 Å². The molecular weight excluding hydrogens is 176 g/mol. The maximum atomic E-state index is 3.94. The molecule has 0 radical (unpaired) electrons. The molecule has 0 aliphatic rings. The summed E-state index contributed by atoms with van der Waals surface area (Å²) in [6, 6.07) is 5.72. The minimum atomic E-state index is 0.894. The molecule has 0 unspecified atom stereocenters. The van der Waals surface area contributed by atoms with E-state index in [9.17, 15) is 0 Å². The number of aromatic nitrogens is 1. The molecule has 0 aromatic carbocycles. The third-order valence-corrected chi connectivity index (χ3v) is 1.43. The highest BCUT2D eigenvalue weighted by atomic mass is 15.2. The van der Waals surface area contributed by atoms with Crippen LogP contribution in [0.4, 0.5) is 0 Å². The zero-order valence-corrected chi connectivity index (χ0v) is 9.23. The smallest absolute Gasteiger partial charge is 0.192 e. The lowest BCUT2D eigenvalue weighted by Crippen LogP contribution is -2.33. The molecule has 0 bridgehead atoms. The molecule has 0 aliphatic heterocycles. The summed E-state index contributed by atoms with van der Waals surface area (Å²) in [7, 11) is 7.49. The molecule has 0 fully saturated rings. The fourth-order valence-electron chi connectivity index (χ4n) is 0.848. The second-order valence-corrected chi connectivity index (χ2v) is 2.72. The van der Waals surface area contributed by atoms with Crippen molar-refractivity contribution in [2.45, 2.75) is 0 Å². The molecule has 1 aromatic rings. The lowest BCUT2D eigenvalue weighted by Gasteiger charge is -2.12. The summed E-state index contributed by atoms with van der Waals surface area (Å²) in [5.41, 5.74) is 0. The molecule has 78 valence electrons. The fourth-order valence-corrected chi connectivity index (χ4v) is 0.848. The van der Waals surface area contributed by atoms with Crippen molar-refractivity contribution in [1.82, 2.24) is 15.2 Å². The van der Waals surface area contributed by atoms with E-state index in [0.717, 1.165) is 5.96 Å². The highest BCUT2D eigenvalue weighted by molar-refractivity contribution is 5.78. The topological polar surface area (TPSA) is 40.5 Å². The van der Waals surface area contributed by atoms with Crippen molar-refractivity contribution in [2.24, 2.45) is 4.99 Å². The Balaban J connectivity index is 0.000000249. The summed E-state index contributed by atoms with van der Waals surface area (Å²) >= 11 is 0. The van der Waals surface area contributed by atoms with Crippen LogP contribution < -0.4 is 5.32 Å². The lowest BCUT2D eigenvalue weighted by molar-refractivity contribution is 0.596. The standard InChI is InChI=1S/C5H13N3.C5H5N/c1-6-5(7-2)8(3)4;1-2-4-6-5-3-1/h1-4H3,(H,6,7);1-5H.